The van der Waals surface area contributed by atoms with Crippen LogP contribution in [0.5, 0.6) is 5.88 Å². The predicted molar refractivity (Wildman–Crippen MR) is 137 cm³/mol. The molecule has 3 aromatic rings. The van der Waals surface area contributed by atoms with E-state index < -0.39 is 6.04 Å². The Bertz CT molecular complexity index is 1220. The van der Waals surface area contributed by atoms with Crippen molar-refractivity contribution in [2.75, 3.05) is 13.7 Å². The normalized spacial score (nSPS) is 16.1. The Balaban J connectivity index is 1.79. The second-order valence-corrected chi connectivity index (χ2v) is 9.36. The van der Waals surface area contributed by atoms with Crippen LogP contribution in [0.4, 0.5) is 4.39 Å². The molecule has 0 saturated carbocycles. The number of carbonyl (C=O) groups excluding carboxylic acids is 2. The summed E-state index contributed by atoms with van der Waals surface area (Å²) in [6.45, 7) is 4.60. The number of halogens is 1. The van der Waals surface area contributed by atoms with Gasteiger partial charge in [0.25, 0.3) is 0 Å². The monoisotopic (exact) mass is 489 g/mol. The van der Waals surface area contributed by atoms with Crippen molar-refractivity contribution in [3.63, 3.8) is 0 Å². The molecule has 2 aromatic carbocycles. The SMILES string of the molecule is COc1cccc(CC(=O)C(NC(=O)C2CCCN2)c2ccc(C(C)C)c(F)c2-c2ccccc2)n1. The lowest BCUT2D eigenvalue weighted by molar-refractivity contribution is -0.128. The molecule has 1 saturated heterocycles. The quantitative estimate of drug-likeness (QED) is 0.454. The molecule has 0 bridgehead atoms. The molecule has 1 aliphatic heterocycles. The summed E-state index contributed by atoms with van der Waals surface area (Å²) < 4.78 is 21.2. The summed E-state index contributed by atoms with van der Waals surface area (Å²) in [6.07, 6.45) is 1.54. The number of nitrogens with one attached hydrogen (secondary N) is 2. The molecule has 1 amide bonds. The summed E-state index contributed by atoms with van der Waals surface area (Å²) in [5.41, 5.74) is 2.49. The van der Waals surface area contributed by atoms with Crippen molar-refractivity contribution >= 4 is 11.7 Å². The van der Waals surface area contributed by atoms with Crippen LogP contribution in [0, 0.1) is 5.82 Å². The summed E-state index contributed by atoms with van der Waals surface area (Å²) in [6, 6.07) is 16.4. The number of benzene rings is 2. The number of pyridine rings is 1. The number of Topliss-reactive ketones (excluding diaryl/α,β-unsaturated/α-hetero) is 1. The first-order valence-corrected chi connectivity index (χ1v) is 12.3. The van der Waals surface area contributed by atoms with Crippen molar-refractivity contribution in [3.8, 4) is 17.0 Å². The average Bonchev–Trinajstić information content (AvgIpc) is 3.42. The third-order valence-electron chi connectivity index (χ3n) is 6.53. The van der Waals surface area contributed by atoms with Crippen LogP contribution < -0.4 is 15.4 Å². The molecule has 2 N–H and O–H groups in total. The maximum absolute atomic E-state index is 16.0. The molecule has 36 heavy (non-hydrogen) atoms. The molecule has 2 unspecified atom stereocenters. The van der Waals surface area contributed by atoms with Crippen LogP contribution >= 0.6 is 0 Å². The van der Waals surface area contributed by atoms with E-state index >= 15 is 4.39 Å². The number of nitrogens with zero attached hydrogens (tertiary/aromatic N) is 1. The molecule has 6 nitrogen and oxygen atoms in total. The van der Waals surface area contributed by atoms with E-state index in [0.717, 1.165) is 13.0 Å². The number of hydrogen-bond donors (Lipinski definition) is 2. The predicted octanol–water partition coefficient (Wildman–Crippen LogP) is 4.74. The highest BCUT2D eigenvalue weighted by atomic mass is 19.1. The van der Waals surface area contributed by atoms with E-state index in [0.29, 0.717) is 40.2 Å². The van der Waals surface area contributed by atoms with Gasteiger partial charge in [-0.15, -0.1) is 0 Å². The zero-order chi connectivity index (χ0) is 25.7. The first-order valence-electron chi connectivity index (χ1n) is 12.3. The number of rotatable bonds is 9. The molecule has 0 spiro atoms. The standard InChI is InChI=1S/C29H32FN3O3/c1-18(2)21-14-15-22(26(27(21)30)19-9-5-4-6-10-19)28(33-29(35)23-12-8-16-31-23)24(34)17-20-11-7-13-25(32-20)36-3/h4-7,9-11,13-15,18,23,28,31H,8,12,16-17H2,1-3H3,(H,33,35). The number of carbonyl (C=O) groups is 2. The fraction of sp³-hybridized carbons (Fsp3) is 0.345. The van der Waals surface area contributed by atoms with Gasteiger partial charge in [-0.2, -0.15) is 0 Å². The van der Waals surface area contributed by atoms with E-state index in [-0.39, 0.29) is 35.9 Å². The van der Waals surface area contributed by atoms with Crippen LogP contribution in [0.2, 0.25) is 0 Å². The fourth-order valence-corrected chi connectivity index (χ4v) is 4.62. The highest BCUT2D eigenvalue weighted by Gasteiger charge is 2.32. The average molecular weight is 490 g/mol. The maximum Gasteiger partial charge on any atom is 0.237 e. The van der Waals surface area contributed by atoms with Crippen molar-refractivity contribution in [1.82, 2.24) is 15.6 Å². The van der Waals surface area contributed by atoms with Crippen molar-refractivity contribution in [2.24, 2.45) is 0 Å². The summed E-state index contributed by atoms with van der Waals surface area (Å²) in [5.74, 6) is -0.575. The number of hydrogen-bond acceptors (Lipinski definition) is 5. The lowest BCUT2D eigenvalue weighted by Gasteiger charge is -2.25. The number of ether oxygens (including phenoxy) is 1. The minimum absolute atomic E-state index is 0.0397. The molecule has 188 valence electrons. The minimum Gasteiger partial charge on any atom is -0.481 e. The fourth-order valence-electron chi connectivity index (χ4n) is 4.62. The van der Waals surface area contributed by atoms with Gasteiger partial charge in [0.15, 0.2) is 5.78 Å². The Morgan fingerprint density at radius 1 is 1.08 bits per heavy atom. The van der Waals surface area contributed by atoms with Gasteiger partial charge in [0.2, 0.25) is 11.8 Å². The number of methoxy groups -OCH3 is 1. The largest absolute Gasteiger partial charge is 0.481 e. The Labute approximate surface area is 211 Å². The minimum atomic E-state index is -1.04. The van der Waals surface area contributed by atoms with Crippen LogP contribution in [0.1, 0.15) is 55.5 Å². The van der Waals surface area contributed by atoms with Gasteiger partial charge < -0.3 is 15.4 Å². The van der Waals surface area contributed by atoms with Crippen LogP contribution in [0.25, 0.3) is 11.1 Å². The van der Waals surface area contributed by atoms with E-state index in [4.69, 9.17) is 4.74 Å². The molecule has 2 atom stereocenters. The molecule has 4 rings (SSSR count). The smallest absolute Gasteiger partial charge is 0.237 e. The number of ketones is 1. The van der Waals surface area contributed by atoms with Crippen molar-refractivity contribution < 1.29 is 18.7 Å². The van der Waals surface area contributed by atoms with E-state index in [2.05, 4.69) is 15.6 Å². The Morgan fingerprint density at radius 2 is 1.83 bits per heavy atom. The molecule has 0 aliphatic carbocycles. The van der Waals surface area contributed by atoms with E-state index in [1.807, 2.05) is 44.2 Å². The van der Waals surface area contributed by atoms with Crippen molar-refractivity contribution in [3.05, 3.63) is 83.3 Å². The van der Waals surface area contributed by atoms with E-state index in [9.17, 15) is 9.59 Å². The first-order chi connectivity index (χ1) is 17.4. The number of amides is 1. The van der Waals surface area contributed by atoms with Crippen LogP contribution in [0.3, 0.4) is 0 Å². The molecule has 2 heterocycles. The first kappa shape index (κ1) is 25.5. The molecule has 7 heteroatoms. The van der Waals surface area contributed by atoms with Gasteiger partial charge in [-0.05, 0) is 48.1 Å². The van der Waals surface area contributed by atoms with Crippen molar-refractivity contribution in [1.29, 1.82) is 0 Å². The molecule has 1 aliphatic rings. The number of aromatic nitrogens is 1. The van der Waals surface area contributed by atoms with Crippen LogP contribution in [-0.2, 0) is 16.0 Å². The van der Waals surface area contributed by atoms with Gasteiger partial charge in [0, 0.05) is 11.6 Å². The highest BCUT2D eigenvalue weighted by molar-refractivity contribution is 5.94. The van der Waals surface area contributed by atoms with Gasteiger partial charge in [-0.25, -0.2) is 9.37 Å². The maximum atomic E-state index is 16.0. The van der Waals surface area contributed by atoms with Gasteiger partial charge in [-0.3, -0.25) is 9.59 Å². The zero-order valence-electron chi connectivity index (χ0n) is 20.9. The van der Waals surface area contributed by atoms with Gasteiger partial charge >= 0.3 is 0 Å². The van der Waals surface area contributed by atoms with E-state index in [1.54, 1.807) is 30.3 Å². The second kappa shape index (κ2) is 11.4. The van der Waals surface area contributed by atoms with Crippen LogP contribution in [-0.4, -0.2) is 36.4 Å². The highest BCUT2D eigenvalue weighted by Crippen LogP contribution is 2.36. The Morgan fingerprint density at radius 3 is 2.50 bits per heavy atom. The lowest BCUT2D eigenvalue weighted by Crippen LogP contribution is -2.44. The molecular weight excluding hydrogens is 457 g/mol. The van der Waals surface area contributed by atoms with Gasteiger partial charge in [0.1, 0.15) is 11.9 Å². The summed E-state index contributed by atoms with van der Waals surface area (Å²) >= 11 is 0. The van der Waals surface area contributed by atoms with Gasteiger partial charge in [-0.1, -0.05) is 62.4 Å². The summed E-state index contributed by atoms with van der Waals surface area (Å²) in [5, 5.41) is 6.11. The molecule has 1 aromatic heterocycles. The Hall–Kier alpha value is -3.58. The lowest BCUT2D eigenvalue weighted by atomic mass is 9.87. The third-order valence-corrected chi connectivity index (χ3v) is 6.53. The second-order valence-electron chi connectivity index (χ2n) is 9.36. The molecule has 0 radical (unpaired) electrons. The Kier molecular flexibility index (Phi) is 8.10. The van der Waals surface area contributed by atoms with Gasteiger partial charge in [0.05, 0.1) is 25.3 Å². The topological polar surface area (TPSA) is 80.3 Å². The molecular formula is C29H32FN3O3. The summed E-state index contributed by atoms with van der Waals surface area (Å²) in [7, 11) is 1.51. The van der Waals surface area contributed by atoms with Crippen LogP contribution in [0.15, 0.2) is 60.7 Å². The zero-order valence-corrected chi connectivity index (χ0v) is 20.9. The summed E-state index contributed by atoms with van der Waals surface area (Å²) in [4.78, 5) is 31.2. The third kappa shape index (κ3) is 5.62. The molecule has 1 fully saturated rings. The van der Waals surface area contributed by atoms with E-state index in [1.165, 1.54) is 7.11 Å². The van der Waals surface area contributed by atoms with Crippen molar-refractivity contribution in [2.45, 2.75) is 51.1 Å².